The van der Waals surface area contributed by atoms with E-state index in [0.717, 1.165) is 12.8 Å². The maximum absolute atomic E-state index is 11.9. The van der Waals surface area contributed by atoms with Gasteiger partial charge in [-0.05, 0) is 32.8 Å². The average molecular weight is 252 g/mol. The molecule has 100 valence electrons. The summed E-state index contributed by atoms with van der Waals surface area (Å²) in [5, 5.41) is 9.54. The Bertz CT molecular complexity index is 442. The Morgan fingerprint density at radius 1 is 1.61 bits per heavy atom. The Kier molecular flexibility index (Phi) is 3.34. The minimum Gasteiger partial charge on any atom is -0.461 e. The topological polar surface area (TPSA) is 77.5 Å². The summed E-state index contributed by atoms with van der Waals surface area (Å²) in [6, 6.07) is 2.03. The predicted molar refractivity (Wildman–Crippen MR) is 68.3 cm³/mol. The number of carbonyl (C=O) groups excluding carboxylic acids is 1. The van der Waals surface area contributed by atoms with E-state index in [0.29, 0.717) is 23.8 Å². The van der Waals surface area contributed by atoms with Crippen molar-refractivity contribution in [2.75, 3.05) is 12.3 Å². The molecule has 0 radical (unpaired) electrons. The summed E-state index contributed by atoms with van der Waals surface area (Å²) in [6.45, 7) is 3.58. The Hall–Kier alpha value is -1.49. The molecule has 0 atom stereocenters. The van der Waals surface area contributed by atoms with Crippen LogP contribution in [0.4, 0.5) is 5.69 Å². The highest BCUT2D eigenvalue weighted by Crippen LogP contribution is 2.37. The van der Waals surface area contributed by atoms with Gasteiger partial charge in [0.05, 0.1) is 17.9 Å². The molecule has 18 heavy (non-hydrogen) atoms. The molecule has 0 amide bonds. The van der Waals surface area contributed by atoms with Crippen molar-refractivity contribution >= 4 is 11.7 Å². The highest BCUT2D eigenvalue weighted by Gasteiger charge is 2.28. The smallest absolute Gasteiger partial charge is 0.355 e. The van der Waals surface area contributed by atoms with Crippen LogP contribution in [0, 0.1) is 0 Å². The number of carbonyl (C=O) groups is 1. The minimum absolute atomic E-state index is 0.206. The molecule has 2 rings (SSSR count). The van der Waals surface area contributed by atoms with Gasteiger partial charge in [0.25, 0.3) is 0 Å². The first-order chi connectivity index (χ1) is 8.37. The molecule has 1 aliphatic carbocycles. The summed E-state index contributed by atoms with van der Waals surface area (Å²) in [5.74, 6) is -0.372. The number of ether oxygens (including phenoxy) is 1. The van der Waals surface area contributed by atoms with Crippen molar-refractivity contribution in [3.05, 3.63) is 18.0 Å². The molecular weight excluding hydrogens is 232 g/mol. The third kappa shape index (κ3) is 3.26. The molecule has 1 fully saturated rings. The van der Waals surface area contributed by atoms with Gasteiger partial charge in [0, 0.05) is 18.7 Å². The van der Waals surface area contributed by atoms with Gasteiger partial charge in [-0.2, -0.15) is 0 Å². The number of esters is 1. The zero-order chi connectivity index (χ0) is 13.3. The molecule has 1 heterocycles. The van der Waals surface area contributed by atoms with Crippen molar-refractivity contribution in [1.82, 2.24) is 4.57 Å². The number of nitrogens with two attached hydrogens (primary N) is 1. The van der Waals surface area contributed by atoms with E-state index in [1.165, 1.54) is 0 Å². The van der Waals surface area contributed by atoms with E-state index in [-0.39, 0.29) is 12.6 Å². The van der Waals surface area contributed by atoms with E-state index in [1.54, 1.807) is 26.1 Å². The molecule has 0 unspecified atom stereocenters. The fourth-order valence-corrected chi connectivity index (χ4v) is 1.79. The Morgan fingerprint density at radius 3 is 2.83 bits per heavy atom. The summed E-state index contributed by atoms with van der Waals surface area (Å²) in [4.78, 5) is 11.9. The average Bonchev–Trinajstić information content (AvgIpc) is 3.00. The van der Waals surface area contributed by atoms with Crippen LogP contribution in [0.25, 0.3) is 0 Å². The number of hydrogen-bond donors (Lipinski definition) is 2. The van der Waals surface area contributed by atoms with Gasteiger partial charge in [0.2, 0.25) is 0 Å². The zero-order valence-electron chi connectivity index (χ0n) is 10.8. The number of aliphatic hydroxyl groups is 1. The van der Waals surface area contributed by atoms with Crippen LogP contribution in [0.2, 0.25) is 0 Å². The zero-order valence-corrected chi connectivity index (χ0v) is 10.8. The van der Waals surface area contributed by atoms with Gasteiger partial charge in [-0.3, -0.25) is 0 Å². The number of aromatic nitrogens is 1. The van der Waals surface area contributed by atoms with E-state index >= 15 is 0 Å². The van der Waals surface area contributed by atoms with Crippen molar-refractivity contribution in [3.63, 3.8) is 0 Å². The fourth-order valence-electron chi connectivity index (χ4n) is 1.79. The number of nitrogens with zero attached hydrogens (tertiary/aromatic N) is 1. The van der Waals surface area contributed by atoms with Crippen LogP contribution in [0.5, 0.6) is 0 Å². The van der Waals surface area contributed by atoms with Crippen LogP contribution in [-0.4, -0.2) is 27.9 Å². The number of rotatable bonds is 5. The molecule has 1 aromatic rings. The summed E-state index contributed by atoms with van der Waals surface area (Å²) in [6.07, 6.45) is 4.36. The second-order valence-corrected chi connectivity index (χ2v) is 5.50. The van der Waals surface area contributed by atoms with E-state index < -0.39 is 5.60 Å². The third-order valence-electron chi connectivity index (χ3n) is 2.97. The summed E-state index contributed by atoms with van der Waals surface area (Å²) in [7, 11) is 0. The molecule has 1 saturated carbocycles. The van der Waals surface area contributed by atoms with Gasteiger partial charge in [-0.15, -0.1) is 0 Å². The van der Waals surface area contributed by atoms with Crippen LogP contribution in [0.15, 0.2) is 12.3 Å². The van der Waals surface area contributed by atoms with Crippen LogP contribution in [-0.2, 0) is 4.74 Å². The van der Waals surface area contributed by atoms with Crippen molar-refractivity contribution in [3.8, 4) is 0 Å². The maximum atomic E-state index is 11.9. The van der Waals surface area contributed by atoms with E-state index in [2.05, 4.69) is 0 Å². The second-order valence-electron chi connectivity index (χ2n) is 5.50. The largest absolute Gasteiger partial charge is 0.461 e. The van der Waals surface area contributed by atoms with Gasteiger partial charge in [-0.25, -0.2) is 4.79 Å². The lowest BCUT2D eigenvalue weighted by Crippen LogP contribution is -2.22. The first kappa shape index (κ1) is 13.0. The lowest BCUT2D eigenvalue weighted by molar-refractivity contribution is 0.0236. The first-order valence-corrected chi connectivity index (χ1v) is 6.24. The molecule has 0 aromatic carbocycles. The molecular formula is C13H20N2O3. The molecule has 5 nitrogen and oxygen atoms in total. The lowest BCUT2D eigenvalue weighted by Gasteiger charge is -2.16. The summed E-state index contributed by atoms with van der Waals surface area (Å²) >= 11 is 0. The van der Waals surface area contributed by atoms with E-state index in [9.17, 15) is 9.90 Å². The fraction of sp³-hybridized carbons (Fsp3) is 0.615. The van der Waals surface area contributed by atoms with Crippen LogP contribution >= 0.6 is 0 Å². The minimum atomic E-state index is -0.822. The highest BCUT2D eigenvalue weighted by molar-refractivity contribution is 5.89. The van der Waals surface area contributed by atoms with Crippen LogP contribution in [0.3, 0.4) is 0 Å². The molecule has 3 N–H and O–H groups in total. The van der Waals surface area contributed by atoms with Gasteiger partial charge in [0.15, 0.2) is 0 Å². The Balaban J connectivity index is 1.96. The monoisotopic (exact) mass is 252 g/mol. The van der Waals surface area contributed by atoms with Gasteiger partial charge in [-0.1, -0.05) is 0 Å². The lowest BCUT2D eigenvalue weighted by atomic mass is 10.1. The maximum Gasteiger partial charge on any atom is 0.355 e. The molecule has 1 aliphatic rings. The van der Waals surface area contributed by atoms with E-state index in [1.807, 2.05) is 4.57 Å². The summed E-state index contributed by atoms with van der Waals surface area (Å²) < 4.78 is 7.05. The highest BCUT2D eigenvalue weighted by atomic mass is 16.5. The predicted octanol–water partition coefficient (Wildman–Crippen LogP) is 1.72. The molecule has 5 heteroatoms. The molecule has 1 aromatic heterocycles. The number of anilines is 1. The van der Waals surface area contributed by atoms with Crippen molar-refractivity contribution in [2.24, 2.45) is 0 Å². The van der Waals surface area contributed by atoms with Crippen molar-refractivity contribution in [1.29, 1.82) is 0 Å². The van der Waals surface area contributed by atoms with Crippen LogP contribution < -0.4 is 5.73 Å². The molecule has 0 spiro atoms. The first-order valence-electron chi connectivity index (χ1n) is 6.24. The quantitative estimate of drug-likeness (QED) is 0.782. The number of hydrogen-bond acceptors (Lipinski definition) is 4. The SMILES string of the molecule is CC(C)(O)CCOC(=O)c1cc(N)cn1C1CC1. The van der Waals surface area contributed by atoms with Gasteiger partial charge >= 0.3 is 5.97 Å². The number of nitrogen functional groups attached to an aromatic ring is 1. The Morgan fingerprint density at radius 2 is 2.28 bits per heavy atom. The van der Waals surface area contributed by atoms with Crippen molar-refractivity contribution < 1.29 is 14.6 Å². The van der Waals surface area contributed by atoms with Crippen LogP contribution in [0.1, 0.15) is 49.6 Å². The van der Waals surface area contributed by atoms with Crippen molar-refractivity contribution in [2.45, 2.75) is 44.8 Å². The standard InChI is InChI=1S/C13H20N2O3/c1-13(2,17)5-6-18-12(16)11-7-9(14)8-15(11)10-3-4-10/h7-8,10,17H,3-6,14H2,1-2H3. The summed E-state index contributed by atoms with van der Waals surface area (Å²) in [5.41, 5.74) is 5.98. The third-order valence-corrected chi connectivity index (χ3v) is 2.97. The molecule has 0 saturated heterocycles. The van der Waals surface area contributed by atoms with E-state index in [4.69, 9.17) is 10.5 Å². The second kappa shape index (κ2) is 4.65. The molecule has 0 bridgehead atoms. The van der Waals surface area contributed by atoms with Gasteiger partial charge < -0.3 is 20.1 Å². The van der Waals surface area contributed by atoms with Gasteiger partial charge in [0.1, 0.15) is 5.69 Å². The molecule has 0 aliphatic heterocycles. The Labute approximate surface area is 107 Å². The normalized spacial score (nSPS) is 15.7.